The van der Waals surface area contributed by atoms with Crippen molar-refractivity contribution >= 4 is 35.0 Å². The van der Waals surface area contributed by atoms with Crippen molar-refractivity contribution in [3.05, 3.63) is 16.6 Å². The number of carbonyl (C=O) groups excluding carboxylic acids is 4. The van der Waals surface area contributed by atoms with E-state index in [1.807, 2.05) is 30.6 Å². The minimum absolute atomic E-state index is 0.0140. The number of nitrogens with two attached hydrogens (primary N) is 1. The van der Waals surface area contributed by atoms with Crippen molar-refractivity contribution in [3.8, 4) is 0 Å². The molecule has 2 rings (SSSR count). The zero-order chi connectivity index (χ0) is 46.6. The highest BCUT2D eigenvalue weighted by Gasteiger charge is 2.41. The molecule has 15 nitrogen and oxygen atoms in total. The SMILES string of the molecule is CCC(C)C(C(CC(=O)N1CCCC1C(OC)C(C)Cc1nccs1)OC)N(C)C(=O)CC(C(C)C)N(C)C(=O)CCCCCCCCNC(=O)CCOCCOCCOCCN. The Kier molecular flexibility index (Phi) is 29.4. The molecule has 4 amide bonds. The first kappa shape index (κ1) is 56.4. The van der Waals surface area contributed by atoms with Crippen LogP contribution in [0.5, 0.6) is 0 Å². The largest absolute Gasteiger partial charge is 0.379 e. The number of hydrogen-bond acceptors (Lipinski definition) is 12. The normalized spacial score (nSPS) is 17.0. The van der Waals surface area contributed by atoms with Crippen molar-refractivity contribution in [1.82, 2.24) is 25.0 Å². The Labute approximate surface area is 384 Å². The molecule has 1 fully saturated rings. The van der Waals surface area contributed by atoms with Crippen LogP contribution in [0, 0.1) is 17.8 Å². The van der Waals surface area contributed by atoms with E-state index in [4.69, 9.17) is 29.4 Å². The Morgan fingerprint density at radius 2 is 1.49 bits per heavy atom. The maximum atomic E-state index is 14.1. The molecule has 1 aromatic heterocycles. The monoisotopic (exact) mass is 911 g/mol. The van der Waals surface area contributed by atoms with Crippen molar-refractivity contribution in [3.63, 3.8) is 0 Å². The van der Waals surface area contributed by atoms with Gasteiger partial charge in [0.25, 0.3) is 0 Å². The predicted molar refractivity (Wildman–Crippen MR) is 249 cm³/mol. The van der Waals surface area contributed by atoms with Gasteiger partial charge in [0.2, 0.25) is 23.6 Å². The summed E-state index contributed by atoms with van der Waals surface area (Å²) < 4.78 is 28.2. The van der Waals surface area contributed by atoms with Gasteiger partial charge in [0, 0.05) is 91.3 Å². The summed E-state index contributed by atoms with van der Waals surface area (Å²) in [4.78, 5) is 63.8. The third-order valence-electron chi connectivity index (χ3n) is 12.6. The number of likely N-dealkylation sites (N-methyl/N-ethyl adjacent to an activating group) is 1. The lowest BCUT2D eigenvalue weighted by molar-refractivity contribution is -0.146. The van der Waals surface area contributed by atoms with Crippen molar-refractivity contribution < 1.29 is 42.9 Å². The van der Waals surface area contributed by atoms with Gasteiger partial charge in [-0.1, -0.05) is 66.7 Å². The van der Waals surface area contributed by atoms with Gasteiger partial charge in [-0.3, -0.25) is 19.2 Å². The number of amides is 4. The average Bonchev–Trinajstić information content (AvgIpc) is 3.98. The number of methoxy groups -OCH3 is 2. The van der Waals surface area contributed by atoms with Crippen LogP contribution in [-0.4, -0.2) is 161 Å². The lowest BCUT2D eigenvalue weighted by Gasteiger charge is -2.40. The zero-order valence-electron chi connectivity index (χ0n) is 40.5. The predicted octanol–water partition coefficient (Wildman–Crippen LogP) is 5.72. The van der Waals surface area contributed by atoms with Gasteiger partial charge in [-0.05, 0) is 43.4 Å². The smallest absolute Gasteiger partial charge is 0.225 e. The van der Waals surface area contributed by atoms with Gasteiger partial charge in [-0.2, -0.15) is 0 Å². The Morgan fingerprint density at radius 3 is 2.10 bits per heavy atom. The van der Waals surface area contributed by atoms with E-state index in [0.717, 1.165) is 69.2 Å². The van der Waals surface area contributed by atoms with Crippen LogP contribution in [-0.2, 0) is 49.3 Å². The van der Waals surface area contributed by atoms with E-state index in [0.29, 0.717) is 72.1 Å². The van der Waals surface area contributed by atoms with Gasteiger partial charge in [-0.15, -0.1) is 11.3 Å². The number of ether oxygens (including phenoxy) is 5. The van der Waals surface area contributed by atoms with Gasteiger partial charge in [-0.25, -0.2) is 4.98 Å². The number of aromatic nitrogens is 1. The van der Waals surface area contributed by atoms with Gasteiger partial charge < -0.3 is 49.4 Å². The molecule has 364 valence electrons. The summed E-state index contributed by atoms with van der Waals surface area (Å²) in [6.45, 7) is 15.1. The van der Waals surface area contributed by atoms with E-state index in [-0.39, 0.29) is 78.5 Å². The molecule has 0 aliphatic carbocycles. The molecule has 7 atom stereocenters. The molecular weight excluding hydrogens is 825 g/mol. The average molecular weight is 911 g/mol. The number of nitrogens with zero attached hydrogens (tertiary/aromatic N) is 4. The van der Waals surface area contributed by atoms with Gasteiger partial charge in [0.1, 0.15) is 0 Å². The van der Waals surface area contributed by atoms with Crippen molar-refractivity contribution in [2.45, 2.75) is 155 Å². The molecule has 0 aromatic carbocycles. The molecule has 3 N–H and O–H groups in total. The topological polar surface area (TPSA) is 175 Å². The minimum Gasteiger partial charge on any atom is -0.379 e. The van der Waals surface area contributed by atoms with E-state index in [1.165, 1.54) is 0 Å². The molecule has 63 heavy (non-hydrogen) atoms. The highest BCUT2D eigenvalue weighted by atomic mass is 32.1. The first-order valence-corrected chi connectivity index (χ1v) is 24.6. The summed E-state index contributed by atoms with van der Waals surface area (Å²) in [5, 5.41) is 6.01. The number of rotatable bonds is 36. The summed E-state index contributed by atoms with van der Waals surface area (Å²) in [5.41, 5.74) is 5.37. The van der Waals surface area contributed by atoms with Crippen molar-refractivity contribution in [2.75, 3.05) is 87.6 Å². The fourth-order valence-corrected chi connectivity index (χ4v) is 9.47. The summed E-state index contributed by atoms with van der Waals surface area (Å²) in [7, 11) is 7.00. The number of hydrogen-bond donors (Lipinski definition) is 2. The second kappa shape index (κ2) is 32.8. The van der Waals surface area contributed by atoms with E-state index >= 15 is 0 Å². The molecule has 7 unspecified atom stereocenters. The number of thiazole rings is 1. The second-order valence-corrected chi connectivity index (χ2v) is 18.6. The molecule has 2 heterocycles. The summed E-state index contributed by atoms with van der Waals surface area (Å²) in [6, 6.07) is -0.614. The molecule has 0 saturated carbocycles. The van der Waals surface area contributed by atoms with Crippen LogP contribution in [0.25, 0.3) is 0 Å². The minimum atomic E-state index is -0.493. The number of nitrogens with one attached hydrogen (secondary N) is 1. The quantitative estimate of drug-likeness (QED) is 0.0788. The maximum absolute atomic E-state index is 14.1. The first-order chi connectivity index (χ1) is 30.3. The van der Waals surface area contributed by atoms with Crippen LogP contribution in [0.15, 0.2) is 11.6 Å². The summed E-state index contributed by atoms with van der Waals surface area (Å²) >= 11 is 1.64. The van der Waals surface area contributed by atoms with Gasteiger partial charge in [0.05, 0.1) is 75.4 Å². The fourth-order valence-electron chi connectivity index (χ4n) is 8.71. The number of carbonyl (C=O) groups is 4. The maximum Gasteiger partial charge on any atom is 0.225 e. The first-order valence-electron chi connectivity index (χ1n) is 23.8. The standard InChI is InChI=1S/C47H86N6O9S/c1-10-36(4)46(40(58-8)34-45(57)53-24-17-18-38(53)47(59-9)37(5)32-42-50-23-31-63-42)52(7)44(56)33-39(35(2)3)51(6)43(55)19-15-13-11-12-14-16-22-49-41(54)20-25-60-27-29-62-30-28-61-26-21-48/h23,31,35-40,46-47H,10-22,24-30,32-34,48H2,1-9H3,(H,49,54). The van der Waals surface area contributed by atoms with Crippen LogP contribution in [0.2, 0.25) is 0 Å². The fraction of sp³-hybridized carbons (Fsp3) is 0.851. The molecule has 0 bridgehead atoms. The summed E-state index contributed by atoms with van der Waals surface area (Å²) in [5.74, 6) is 0.327. The van der Waals surface area contributed by atoms with Gasteiger partial charge >= 0.3 is 0 Å². The molecule has 16 heteroatoms. The molecular formula is C47H86N6O9S. The Hall–Kier alpha value is -2.73. The highest BCUT2D eigenvalue weighted by Crippen LogP contribution is 2.31. The Bertz CT molecular complexity index is 1390. The summed E-state index contributed by atoms with van der Waals surface area (Å²) in [6.07, 6.45) is 11.5. The van der Waals surface area contributed by atoms with Gasteiger partial charge in [0.15, 0.2) is 0 Å². The van der Waals surface area contributed by atoms with E-state index in [9.17, 15) is 19.2 Å². The zero-order valence-corrected chi connectivity index (χ0v) is 41.3. The highest BCUT2D eigenvalue weighted by molar-refractivity contribution is 7.09. The van der Waals surface area contributed by atoms with E-state index < -0.39 is 6.10 Å². The van der Waals surface area contributed by atoms with E-state index in [1.54, 1.807) is 35.4 Å². The molecule has 1 aliphatic heterocycles. The van der Waals surface area contributed by atoms with Crippen LogP contribution in [0.3, 0.4) is 0 Å². The van der Waals surface area contributed by atoms with E-state index in [2.05, 4.69) is 44.9 Å². The third kappa shape index (κ3) is 21.0. The van der Waals surface area contributed by atoms with Crippen molar-refractivity contribution in [2.24, 2.45) is 23.5 Å². The molecule has 1 aliphatic rings. The molecule has 0 radical (unpaired) electrons. The van der Waals surface area contributed by atoms with Crippen LogP contribution in [0.1, 0.15) is 123 Å². The molecule has 1 saturated heterocycles. The Morgan fingerprint density at radius 1 is 0.841 bits per heavy atom. The van der Waals surface area contributed by atoms with Crippen LogP contribution in [0.4, 0.5) is 0 Å². The number of unbranched alkanes of at least 4 members (excludes halogenated alkanes) is 5. The number of likely N-dealkylation sites (tertiary alicyclic amines) is 1. The second-order valence-electron chi connectivity index (χ2n) is 17.6. The van der Waals surface area contributed by atoms with Crippen LogP contribution < -0.4 is 11.1 Å². The van der Waals surface area contributed by atoms with Crippen molar-refractivity contribution in [1.29, 1.82) is 0 Å². The third-order valence-corrected chi connectivity index (χ3v) is 13.4. The Balaban J connectivity index is 1.79. The lowest BCUT2D eigenvalue weighted by Crippen LogP contribution is -2.53. The van der Waals surface area contributed by atoms with Crippen LogP contribution >= 0.6 is 11.3 Å². The lowest BCUT2D eigenvalue weighted by atomic mass is 9.89. The molecule has 0 spiro atoms. The molecule has 1 aromatic rings.